The molecule has 17 aromatic rings. The van der Waals surface area contributed by atoms with Crippen molar-refractivity contribution in [3.8, 4) is 33.6 Å². The average Bonchev–Trinajstić information content (AvgIpc) is 1.41. The molecule has 0 spiro atoms. The molecule has 0 radical (unpaired) electrons. The molecular formula is C90H70BBrN2O2S2Si2. The number of rotatable bonds is 11. The van der Waals surface area contributed by atoms with Gasteiger partial charge in [0.05, 0.1) is 33.6 Å². The Morgan fingerprint density at radius 1 is 0.310 bits per heavy atom. The highest BCUT2D eigenvalue weighted by atomic mass is 79.9. The van der Waals surface area contributed by atoms with Gasteiger partial charge in [0, 0.05) is 66.7 Å². The van der Waals surface area contributed by atoms with Gasteiger partial charge in [0.2, 0.25) is 0 Å². The molecule has 5 heterocycles. The van der Waals surface area contributed by atoms with Gasteiger partial charge < -0.3 is 9.31 Å². The molecule has 0 saturated carbocycles. The first kappa shape index (κ1) is 64.7. The third-order valence-electron chi connectivity index (χ3n) is 20.2. The molecule has 0 amide bonds. The molecule has 4 aromatic heterocycles. The van der Waals surface area contributed by atoms with Crippen LogP contribution in [0.4, 0.5) is 0 Å². The van der Waals surface area contributed by atoms with E-state index in [0.29, 0.717) is 0 Å². The number of halogens is 1. The summed E-state index contributed by atoms with van der Waals surface area (Å²) < 4.78 is 19.8. The zero-order valence-electron chi connectivity index (χ0n) is 56.0. The maximum atomic E-state index is 6.73. The van der Waals surface area contributed by atoms with Crippen molar-refractivity contribution in [3.05, 3.63) is 356 Å². The van der Waals surface area contributed by atoms with Crippen LogP contribution < -0.4 is 36.3 Å². The van der Waals surface area contributed by atoms with Crippen molar-refractivity contribution in [2.45, 2.75) is 38.9 Å². The number of thiophene rings is 2. The largest absolute Gasteiger partial charge is 0.450 e. The predicted octanol–water partition coefficient (Wildman–Crippen LogP) is 19.7. The Labute approximate surface area is 603 Å². The highest BCUT2D eigenvalue weighted by molar-refractivity contribution is 9.10. The number of hydrogen-bond acceptors (Lipinski definition) is 6. The molecule has 4 nitrogen and oxygen atoms in total. The van der Waals surface area contributed by atoms with Crippen LogP contribution >= 0.6 is 38.6 Å². The van der Waals surface area contributed by atoms with Gasteiger partial charge in [0.15, 0.2) is 16.0 Å². The number of aromatic nitrogens is 2. The molecule has 0 atom stereocenters. The van der Waals surface area contributed by atoms with Crippen molar-refractivity contribution in [2.24, 2.45) is 0 Å². The molecular weight excluding hydrogens is 1350 g/mol. The smallest absolute Gasteiger partial charge is 0.405 e. The number of fused-ring (bicyclic) bond motifs is 10. The first-order valence-electron chi connectivity index (χ1n) is 34.1. The van der Waals surface area contributed by atoms with Crippen LogP contribution in [0.15, 0.2) is 356 Å². The van der Waals surface area contributed by atoms with Crippen LogP contribution in [0, 0.1) is 0 Å². The highest BCUT2D eigenvalue weighted by Crippen LogP contribution is 2.45. The zero-order chi connectivity index (χ0) is 67.8. The third-order valence-corrected chi connectivity index (χ3v) is 32.6. The van der Waals surface area contributed by atoms with Crippen LogP contribution in [-0.4, -0.2) is 43.9 Å². The molecule has 0 unspecified atom stereocenters. The van der Waals surface area contributed by atoms with E-state index in [9.17, 15) is 0 Å². The van der Waals surface area contributed by atoms with Crippen molar-refractivity contribution in [2.75, 3.05) is 0 Å². The van der Waals surface area contributed by atoms with Gasteiger partial charge in [-0.3, -0.25) is 0 Å². The summed E-state index contributed by atoms with van der Waals surface area (Å²) in [6.07, 6.45) is 0. The number of nitrogens with zero attached hydrogens (tertiary/aromatic N) is 2. The third kappa shape index (κ3) is 11.7. The fraction of sp³-hybridized carbons (Fsp3) is 0.0667. The summed E-state index contributed by atoms with van der Waals surface area (Å²) in [4.78, 5) is 10.3. The standard InChI is InChI=1S/C45H31NSSi.C24H27BO2Si.C21H12BrNS/c1-4-17-35(18-5-1)48(36-19-6-2-7-20-36,37-21-8-3-9-22-37)38-29-27-32(28-30-38)33-15-14-16-34(31-33)44-43-40-24-11-13-26-42(40)47-45(43)39-23-10-12-25-41(39)46-44;1-23(2)24(3,4)27-25(26-23)28(20-14-8-5-9-15-20,21-16-10-6-11-17-21)22-18-12-7-13-19-22;22-14-7-5-6-13(12-14)20-19-16-9-2-4-11-18(16)24-21(19)15-8-1-3-10-17(15)23-20/h1-31H;5-19H,1-4H3;1-12H. The van der Waals surface area contributed by atoms with E-state index in [4.69, 9.17) is 19.3 Å². The van der Waals surface area contributed by atoms with Gasteiger partial charge >= 0.3 is 6.71 Å². The van der Waals surface area contributed by atoms with Crippen LogP contribution in [0.5, 0.6) is 0 Å². The summed E-state index contributed by atoms with van der Waals surface area (Å²) in [7, 11) is -5.18. The van der Waals surface area contributed by atoms with Gasteiger partial charge in [-0.05, 0) is 102 Å². The average molecular weight is 1420 g/mol. The second-order valence-electron chi connectivity index (χ2n) is 26.6. The summed E-state index contributed by atoms with van der Waals surface area (Å²) in [6.45, 7) is 8.21. The molecule has 0 aliphatic carbocycles. The molecule has 1 aliphatic rings. The van der Waals surface area contributed by atoms with Gasteiger partial charge in [-0.25, -0.2) is 9.97 Å². The molecule has 13 aromatic carbocycles. The second kappa shape index (κ2) is 27.3. The van der Waals surface area contributed by atoms with Gasteiger partial charge in [0.25, 0.3) is 0 Å². The SMILES string of the molecule is Brc1cccc(-c2nc3ccccc3c3sc4ccccc4c23)c1.CC1(C)OB([Si](c2ccccc2)(c2ccccc2)c2ccccc2)OC1(C)C.c1ccc([Si](c2ccccc2)(c2ccccc2)c2ccc(-c3cccc(-c4nc5ccccc5c5sc6ccccc6c45)c3)cc2)cc1. The van der Waals surface area contributed by atoms with Crippen LogP contribution in [0.2, 0.25) is 0 Å². The van der Waals surface area contributed by atoms with Crippen molar-refractivity contribution in [1.29, 1.82) is 0 Å². The summed E-state index contributed by atoms with van der Waals surface area (Å²) >= 11 is 7.30. The first-order chi connectivity index (χ1) is 49.0. The predicted molar refractivity (Wildman–Crippen MR) is 437 cm³/mol. The number of para-hydroxylation sites is 2. The second-order valence-corrected chi connectivity index (χ2v) is 37.2. The van der Waals surface area contributed by atoms with Gasteiger partial charge in [-0.1, -0.05) is 341 Å². The summed E-state index contributed by atoms with van der Waals surface area (Å²) in [5.41, 5.74) is 8.09. The number of pyridine rings is 2. The molecule has 100 heavy (non-hydrogen) atoms. The van der Waals surface area contributed by atoms with Crippen LogP contribution in [0.1, 0.15) is 27.7 Å². The lowest BCUT2D eigenvalue weighted by molar-refractivity contribution is 0.00578. The minimum atomic E-state index is -2.61. The Hall–Kier alpha value is -9.98. The molecule has 1 aliphatic heterocycles. The first-order valence-corrected chi connectivity index (χ1v) is 40.6. The molecule has 18 rings (SSSR count). The minimum absolute atomic E-state index is 0.315. The van der Waals surface area contributed by atoms with E-state index >= 15 is 0 Å². The molecule has 10 heteroatoms. The van der Waals surface area contributed by atoms with E-state index in [2.05, 4.69) is 389 Å². The quantitative estimate of drug-likeness (QED) is 0.0956. The Bertz CT molecular complexity index is 5560. The van der Waals surface area contributed by atoms with E-state index in [0.717, 1.165) is 38.0 Å². The summed E-state index contributed by atoms with van der Waals surface area (Å²) in [5, 5.41) is 16.9. The van der Waals surface area contributed by atoms with Crippen molar-refractivity contribution < 1.29 is 9.31 Å². The maximum absolute atomic E-state index is 6.73. The van der Waals surface area contributed by atoms with Crippen LogP contribution in [0.3, 0.4) is 0 Å². The van der Waals surface area contributed by atoms with E-state index in [1.165, 1.54) is 98.6 Å². The summed E-state index contributed by atoms with van der Waals surface area (Å²) in [6, 6.07) is 127. The monoisotopic (exact) mass is 1420 g/mol. The lowest BCUT2D eigenvalue weighted by Gasteiger charge is -2.35. The minimum Gasteiger partial charge on any atom is -0.405 e. The van der Waals surface area contributed by atoms with E-state index in [1.54, 1.807) is 0 Å². The number of hydrogen-bond donors (Lipinski definition) is 0. The zero-order valence-corrected chi connectivity index (χ0v) is 61.2. The van der Waals surface area contributed by atoms with Crippen LogP contribution in [-0.2, 0) is 9.31 Å². The van der Waals surface area contributed by atoms with E-state index in [-0.39, 0.29) is 17.9 Å². The molecule has 1 fully saturated rings. The van der Waals surface area contributed by atoms with Crippen molar-refractivity contribution in [3.63, 3.8) is 0 Å². The van der Waals surface area contributed by atoms with E-state index in [1.807, 2.05) is 28.7 Å². The maximum Gasteiger partial charge on any atom is 0.450 e. The Morgan fingerprint density at radius 2 is 0.640 bits per heavy atom. The lowest BCUT2D eigenvalue weighted by atomic mass is 9.90. The molecule has 0 N–H and O–H groups in total. The van der Waals surface area contributed by atoms with E-state index < -0.39 is 16.0 Å². The Morgan fingerprint density at radius 3 is 1.05 bits per heavy atom. The fourth-order valence-corrected chi connectivity index (χ4v) is 27.3. The lowest BCUT2D eigenvalue weighted by Crippen LogP contribution is -2.77. The van der Waals surface area contributed by atoms with Crippen molar-refractivity contribution >= 4 is 160 Å². The fourth-order valence-electron chi connectivity index (χ4n) is 14.7. The molecule has 0 bridgehead atoms. The van der Waals surface area contributed by atoms with Gasteiger partial charge in [-0.15, -0.1) is 22.7 Å². The highest BCUT2D eigenvalue weighted by Gasteiger charge is 2.63. The van der Waals surface area contributed by atoms with Gasteiger partial charge in [0.1, 0.15) is 0 Å². The van der Waals surface area contributed by atoms with Crippen molar-refractivity contribution in [1.82, 2.24) is 9.97 Å². The Kier molecular flexibility index (Phi) is 17.6. The van der Waals surface area contributed by atoms with Gasteiger partial charge in [-0.2, -0.15) is 0 Å². The Balaban J connectivity index is 0.000000127. The summed E-state index contributed by atoms with van der Waals surface area (Å²) in [5.74, 6) is 0. The number of benzene rings is 13. The normalized spacial score (nSPS) is 13.5. The topological polar surface area (TPSA) is 44.2 Å². The van der Waals surface area contributed by atoms with Crippen LogP contribution in [0.25, 0.3) is 95.8 Å². The molecule has 482 valence electrons. The molecule has 1 saturated heterocycles.